The number of rotatable bonds is 7. The smallest absolute Gasteiger partial charge is 0.330 e. The van der Waals surface area contributed by atoms with Gasteiger partial charge in [0.05, 0.1) is 13.2 Å². The van der Waals surface area contributed by atoms with Gasteiger partial charge in [0.25, 0.3) is 0 Å². The highest BCUT2D eigenvalue weighted by Gasteiger charge is 2.13. The number of halogens is 3. The van der Waals surface area contributed by atoms with Crippen LogP contribution in [0.15, 0.2) is 24.3 Å². The molecule has 0 fully saturated rings. The average Bonchev–Trinajstić information content (AvgIpc) is 2.34. The van der Waals surface area contributed by atoms with Gasteiger partial charge in [-0.3, -0.25) is 0 Å². The van der Waals surface area contributed by atoms with Gasteiger partial charge >= 0.3 is 5.97 Å². The Morgan fingerprint density at radius 2 is 1.85 bits per heavy atom. The molecular formula is C13H13I3O4. The van der Waals surface area contributed by atoms with E-state index < -0.39 is 12.1 Å². The molecule has 0 bridgehead atoms. The Labute approximate surface area is 158 Å². The molecule has 0 radical (unpaired) electrons. The zero-order valence-corrected chi connectivity index (χ0v) is 16.9. The van der Waals surface area contributed by atoms with E-state index in [4.69, 9.17) is 9.84 Å². The maximum Gasteiger partial charge on any atom is 0.330 e. The fourth-order valence-corrected chi connectivity index (χ4v) is 5.27. The van der Waals surface area contributed by atoms with Crippen molar-refractivity contribution in [2.24, 2.45) is 0 Å². The Hall–Kier alpha value is 0.380. The zero-order chi connectivity index (χ0) is 15.3. The zero-order valence-electron chi connectivity index (χ0n) is 10.4. The van der Waals surface area contributed by atoms with Crippen molar-refractivity contribution in [2.45, 2.75) is 18.9 Å². The number of aliphatic hydroxyl groups excluding tert-OH is 1. The molecule has 1 atom stereocenters. The van der Waals surface area contributed by atoms with Crippen LogP contribution in [0.3, 0.4) is 0 Å². The summed E-state index contributed by atoms with van der Waals surface area (Å²) in [6.45, 7) is 3.57. The van der Waals surface area contributed by atoms with Gasteiger partial charge in [0.15, 0.2) is 0 Å². The standard InChI is InChI=1S/C13H13I3O4/c1-7(13(18)19)2-3-9(17)6-20-12-10(15)4-8(14)5-11(12)16/h4-5,9,17H,1-3,6H2,(H,18,19). The number of ether oxygens (including phenoxy) is 1. The number of aliphatic hydroxyl groups is 1. The molecule has 7 heteroatoms. The molecule has 0 amide bonds. The SMILES string of the molecule is C=C(CCC(O)COc1c(I)cc(I)cc1I)C(=O)O. The summed E-state index contributed by atoms with van der Waals surface area (Å²) in [5.74, 6) is -0.275. The predicted molar refractivity (Wildman–Crippen MR) is 102 cm³/mol. The maximum absolute atomic E-state index is 10.6. The summed E-state index contributed by atoms with van der Waals surface area (Å²) >= 11 is 6.62. The van der Waals surface area contributed by atoms with Crippen molar-refractivity contribution in [3.05, 3.63) is 35.0 Å². The summed E-state index contributed by atoms with van der Waals surface area (Å²) in [4.78, 5) is 10.6. The van der Waals surface area contributed by atoms with E-state index in [1.54, 1.807) is 0 Å². The molecule has 0 spiro atoms. The summed E-state index contributed by atoms with van der Waals surface area (Å²) in [5, 5.41) is 18.5. The van der Waals surface area contributed by atoms with E-state index in [1.165, 1.54) is 0 Å². The van der Waals surface area contributed by atoms with Crippen LogP contribution in [0.25, 0.3) is 0 Å². The topological polar surface area (TPSA) is 66.8 Å². The molecule has 0 aromatic heterocycles. The van der Waals surface area contributed by atoms with Crippen molar-refractivity contribution in [1.29, 1.82) is 0 Å². The van der Waals surface area contributed by atoms with Gasteiger partial charge < -0.3 is 14.9 Å². The molecule has 1 rings (SSSR count). The molecule has 0 saturated carbocycles. The quantitative estimate of drug-likeness (QED) is 0.364. The van der Waals surface area contributed by atoms with Crippen LogP contribution in [0.2, 0.25) is 0 Å². The van der Waals surface area contributed by atoms with E-state index >= 15 is 0 Å². The number of carboxylic acid groups (broad SMARTS) is 1. The van der Waals surface area contributed by atoms with Crippen molar-refractivity contribution in [3.8, 4) is 5.75 Å². The third-order valence-electron chi connectivity index (χ3n) is 2.46. The van der Waals surface area contributed by atoms with Crippen LogP contribution in [-0.2, 0) is 4.79 Å². The van der Waals surface area contributed by atoms with Crippen molar-refractivity contribution in [1.82, 2.24) is 0 Å². The lowest BCUT2D eigenvalue weighted by Gasteiger charge is -2.15. The largest absolute Gasteiger partial charge is 0.489 e. The van der Waals surface area contributed by atoms with Crippen LogP contribution < -0.4 is 4.74 Å². The highest BCUT2D eigenvalue weighted by atomic mass is 127. The molecule has 2 N–H and O–H groups in total. The van der Waals surface area contributed by atoms with Crippen molar-refractivity contribution in [2.75, 3.05) is 6.61 Å². The summed E-state index contributed by atoms with van der Waals surface area (Å²) in [6.07, 6.45) is -0.138. The molecule has 4 nitrogen and oxygen atoms in total. The van der Waals surface area contributed by atoms with Crippen LogP contribution in [0.4, 0.5) is 0 Å². The molecular weight excluding hydrogens is 601 g/mol. The molecule has 110 valence electrons. The lowest BCUT2D eigenvalue weighted by atomic mass is 10.1. The molecule has 0 aliphatic carbocycles. The minimum absolute atomic E-state index is 0.0995. The fraction of sp³-hybridized carbons (Fsp3) is 0.308. The normalized spacial score (nSPS) is 12.0. The second-order valence-corrected chi connectivity index (χ2v) is 7.68. The van der Waals surface area contributed by atoms with Gasteiger partial charge in [-0.05, 0) is 92.7 Å². The van der Waals surface area contributed by atoms with Crippen LogP contribution in [0.5, 0.6) is 5.75 Å². The van der Waals surface area contributed by atoms with Crippen molar-refractivity contribution >= 4 is 73.7 Å². The van der Waals surface area contributed by atoms with Gasteiger partial charge in [-0.25, -0.2) is 4.79 Å². The molecule has 0 aliphatic rings. The van der Waals surface area contributed by atoms with E-state index in [-0.39, 0.29) is 18.6 Å². The molecule has 20 heavy (non-hydrogen) atoms. The second kappa shape index (κ2) is 8.73. The van der Waals surface area contributed by atoms with Gasteiger partial charge in [-0.2, -0.15) is 0 Å². The number of aliphatic carboxylic acids is 1. The van der Waals surface area contributed by atoms with Gasteiger partial charge in [-0.1, -0.05) is 6.58 Å². The lowest BCUT2D eigenvalue weighted by Crippen LogP contribution is -2.19. The molecule has 0 heterocycles. The van der Waals surface area contributed by atoms with E-state index in [0.717, 1.165) is 16.5 Å². The van der Waals surface area contributed by atoms with E-state index in [9.17, 15) is 9.90 Å². The highest BCUT2D eigenvalue weighted by molar-refractivity contribution is 14.1. The first-order chi connectivity index (χ1) is 9.31. The van der Waals surface area contributed by atoms with E-state index in [2.05, 4.69) is 74.4 Å². The van der Waals surface area contributed by atoms with Crippen molar-refractivity contribution in [3.63, 3.8) is 0 Å². The minimum atomic E-state index is -1.03. The number of benzene rings is 1. The van der Waals surface area contributed by atoms with Crippen LogP contribution >= 0.6 is 67.8 Å². The highest BCUT2D eigenvalue weighted by Crippen LogP contribution is 2.29. The number of hydrogen-bond acceptors (Lipinski definition) is 3. The second-order valence-electron chi connectivity index (χ2n) is 4.11. The fourth-order valence-electron chi connectivity index (χ4n) is 1.38. The first kappa shape index (κ1) is 18.4. The first-order valence-electron chi connectivity index (χ1n) is 5.67. The molecule has 1 aromatic rings. The Morgan fingerprint density at radius 3 is 2.35 bits per heavy atom. The number of hydrogen-bond donors (Lipinski definition) is 2. The van der Waals surface area contributed by atoms with Gasteiger partial charge in [0.1, 0.15) is 12.4 Å². The van der Waals surface area contributed by atoms with Gasteiger partial charge in [-0.15, -0.1) is 0 Å². The van der Waals surface area contributed by atoms with E-state index in [0.29, 0.717) is 6.42 Å². The van der Waals surface area contributed by atoms with Crippen molar-refractivity contribution < 1.29 is 19.7 Å². The minimum Gasteiger partial charge on any atom is -0.489 e. The predicted octanol–water partition coefficient (Wildman–Crippen LogP) is 3.66. The molecule has 0 saturated heterocycles. The average molecular weight is 614 g/mol. The van der Waals surface area contributed by atoms with Crippen LogP contribution in [0, 0.1) is 10.7 Å². The molecule has 0 aliphatic heterocycles. The lowest BCUT2D eigenvalue weighted by molar-refractivity contribution is -0.132. The maximum atomic E-state index is 10.6. The summed E-state index contributed by atoms with van der Waals surface area (Å²) in [7, 11) is 0. The van der Waals surface area contributed by atoms with Crippen LogP contribution in [0.1, 0.15) is 12.8 Å². The third-order valence-corrected chi connectivity index (χ3v) is 4.69. The molecule has 1 unspecified atom stereocenters. The Balaban J connectivity index is 2.51. The monoisotopic (exact) mass is 614 g/mol. The Kier molecular flexibility index (Phi) is 8.05. The summed E-state index contributed by atoms with van der Waals surface area (Å²) < 4.78 is 8.73. The van der Waals surface area contributed by atoms with E-state index in [1.807, 2.05) is 12.1 Å². The number of carbonyl (C=O) groups is 1. The van der Waals surface area contributed by atoms with Crippen LogP contribution in [-0.4, -0.2) is 28.9 Å². The summed E-state index contributed by atoms with van der Waals surface area (Å²) in [6, 6.07) is 3.99. The molecule has 1 aromatic carbocycles. The van der Waals surface area contributed by atoms with Gasteiger partial charge in [0.2, 0.25) is 0 Å². The first-order valence-corrected chi connectivity index (χ1v) is 8.91. The summed E-state index contributed by atoms with van der Waals surface area (Å²) in [5.41, 5.74) is 0.0995. The number of carboxylic acids is 1. The van der Waals surface area contributed by atoms with Gasteiger partial charge in [0, 0.05) is 9.14 Å². The Morgan fingerprint density at radius 1 is 1.30 bits per heavy atom. The third kappa shape index (κ3) is 6.02. The Bertz CT molecular complexity index is 493.